The lowest BCUT2D eigenvalue weighted by atomic mass is 9.87. The molecule has 1 heterocycles. The van der Waals surface area contributed by atoms with E-state index in [0.717, 1.165) is 5.75 Å². The van der Waals surface area contributed by atoms with Gasteiger partial charge in [-0.2, -0.15) is 0 Å². The van der Waals surface area contributed by atoms with Crippen molar-refractivity contribution in [1.29, 1.82) is 0 Å². The molecule has 4 heteroatoms. The molecule has 0 spiro atoms. The molecular weight excluding hydrogens is 293 g/mol. The Bertz CT molecular complexity index is 606. The van der Waals surface area contributed by atoms with Crippen molar-refractivity contribution in [3.05, 3.63) is 52.7 Å². The van der Waals surface area contributed by atoms with Crippen molar-refractivity contribution >= 4 is 23.2 Å². The average Bonchev–Trinajstić information content (AvgIpc) is 2.40. The first-order chi connectivity index (χ1) is 9.40. The molecule has 0 aliphatic carbocycles. The Morgan fingerprint density at radius 3 is 2.55 bits per heavy atom. The zero-order chi connectivity index (χ0) is 14.8. The van der Waals surface area contributed by atoms with E-state index in [9.17, 15) is 0 Å². The van der Waals surface area contributed by atoms with Gasteiger partial charge < -0.3 is 4.74 Å². The van der Waals surface area contributed by atoms with E-state index in [-0.39, 0.29) is 11.3 Å². The van der Waals surface area contributed by atoms with Crippen LogP contribution in [-0.2, 0) is 11.3 Å². The van der Waals surface area contributed by atoms with Gasteiger partial charge in [0.05, 0.1) is 16.6 Å². The number of pyridine rings is 1. The van der Waals surface area contributed by atoms with Crippen LogP contribution in [0.25, 0.3) is 0 Å². The summed E-state index contributed by atoms with van der Waals surface area (Å²) in [4.78, 5) is 4.29. The fraction of sp³-hybridized carbons (Fsp3) is 0.312. The summed E-state index contributed by atoms with van der Waals surface area (Å²) in [6, 6.07) is 11.5. The Hall–Kier alpha value is -1.25. The largest absolute Gasteiger partial charge is 0.439 e. The fourth-order valence-corrected chi connectivity index (χ4v) is 2.21. The number of hydrogen-bond donors (Lipinski definition) is 0. The fourth-order valence-electron chi connectivity index (χ4n) is 1.76. The second kappa shape index (κ2) is 6.02. The quantitative estimate of drug-likeness (QED) is 0.692. The number of benzene rings is 1. The van der Waals surface area contributed by atoms with E-state index in [4.69, 9.17) is 27.9 Å². The molecule has 20 heavy (non-hydrogen) atoms. The van der Waals surface area contributed by atoms with Crippen LogP contribution in [0.4, 0.5) is 0 Å². The standard InChI is InChI=1S/C16H17Cl2NO/c1-16(2,3)11-5-4-6-12(9-11)20-15-8-7-13(18)14(10-17)19-15/h4-9H,10H2,1-3H3. The third-order valence-corrected chi connectivity index (χ3v) is 3.54. The number of rotatable bonds is 3. The maximum absolute atomic E-state index is 5.98. The zero-order valence-electron chi connectivity index (χ0n) is 11.8. The molecule has 2 aromatic rings. The third kappa shape index (κ3) is 3.65. The molecule has 1 aromatic heterocycles. The summed E-state index contributed by atoms with van der Waals surface area (Å²) in [5.41, 5.74) is 1.91. The summed E-state index contributed by atoms with van der Waals surface area (Å²) >= 11 is 11.8. The highest BCUT2D eigenvalue weighted by Gasteiger charge is 2.14. The number of nitrogens with zero attached hydrogens (tertiary/aromatic N) is 1. The van der Waals surface area contributed by atoms with Crippen LogP contribution in [0.5, 0.6) is 11.6 Å². The smallest absolute Gasteiger partial charge is 0.219 e. The van der Waals surface area contributed by atoms with Crippen molar-refractivity contribution in [2.24, 2.45) is 0 Å². The lowest BCUT2D eigenvalue weighted by Gasteiger charge is -2.19. The van der Waals surface area contributed by atoms with E-state index in [0.29, 0.717) is 16.6 Å². The molecule has 0 amide bonds. The van der Waals surface area contributed by atoms with Crippen LogP contribution < -0.4 is 4.74 Å². The molecule has 1 aromatic carbocycles. The normalized spacial score (nSPS) is 11.4. The van der Waals surface area contributed by atoms with E-state index < -0.39 is 0 Å². The van der Waals surface area contributed by atoms with Crippen LogP contribution >= 0.6 is 23.2 Å². The van der Waals surface area contributed by atoms with Crippen LogP contribution in [-0.4, -0.2) is 4.98 Å². The zero-order valence-corrected chi connectivity index (χ0v) is 13.3. The highest BCUT2D eigenvalue weighted by atomic mass is 35.5. The van der Waals surface area contributed by atoms with Crippen molar-refractivity contribution in [2.45, 2.75) is 32.1 Å². The predicted molar refractivity (Wildman–Crippen MR) is 84.0 cm³/mol. The van der Waals surface area contributed by atoms with E-state index in [1.54, 1.807) is 12.1 Å². The summed E-state index contributed by atoms with van der Waals surface area (Å²) in [7, 11) is 0. The Morgan fingerprint density at radius 2 is 1.90 bits per heavy atom. The minimum Gasteiger partial charge on any atom is -0.439 e. The Labute approximate surface area is 129 Å². The van der Waals surface area contributed by atoms with Gasteiger partial charge in [0.25, 0.3) is 0 Å². The van der Waals surface area contributed by atoms with Gasteiger partial charge in [-0.15, -0.1) is 11.6 Å². The summed E-state index contributed by atoms with van der Waals surface area (Å²) < 4.78 is 5.78. The van der Waals surface area contributed by atoms with E-state index in [1.165, 1.54) is 5.56 Å². The van der Waals surface area contributed by atoms with Gasteiger partial charge >= 0.3 is 0 Å². The van der Waals surface area contributed by atoms with Gasteiger partial charge in [-0.1, -0.05) is 44.5 Å². The molecule has 0 radical (unpaired) electrons. The van der Waals surface area contributed by atoms with Crippen LogP contribution in [0.15, 0.2) is 36.4 Å². The predicted octanol–water partition coefficient (Wildman–Crippen LogP) is 5.56. The van der Waals surface area contributed by atoms with Crippen molar-refractivity contribution in [3.63, 3.8) is 0 Å². The molecule has 0 bridgehead atoms. The second-order valence-corrected chi connectivity index (χ2v) is 6.27. The van der Waals surface area contributed by atoms with Crippen molar-refractivity contribution in [2.75, 3.05) is 0 Å². The first-order valence-corrected chi connectivity index (χ1v) is 7.31. The number of alkyl halides is 1. The van der Waals surface area contributed by atoms with Crippen LogP contribution in [0, 0.1) is 0 Å². The average molecular weight is 310 g/mol. The maximum atomic E-state index is 5.98. The molecule has 0 aliphatic rings. The van der Waals surface area contributed by atoms with Crippen molar-refractivity contribution in [1.82, 2.24) is 4.98 Å². The number of halogens is 2. The lowest BCUT2D eigenvalue weighted by molar-refractivity contribution is 0.458. The lowest BCUT2D eigenvalue weighted by Crippen LogP contribution is -2.10. The minimum atomic E-state index is 0.0775. The molecule has 0 atom stereocenters. The minimum absolute atomic E-state index is 0.0775. The van der Waals surface area contributed by atoms with Gasteiger partial charge in [0, 0.05) is 6.07 Å². The van der Waals surface area contributed by atoms with E-state index in [2.05, 4.69) is 31.8 Å². The van der Waals surface area contributed by atoms with Crippen LogP contribution in [0.2, 0.25) is 5.02 Å². The Kier molecular flexibility index (Phi) is 4.56. The van der Waals surface area contributed by atoms with Gasteiger partial charge in [-0.3, -0.25) is 0 Å². The molecule has 0 saturated carbocycles. The van der Waals surface area contributed by atoms with E-state index >= 15 is 0 Å². The molecule has 106 valence electrons. The summed E-state index contributed by atoms with van der Waals surface area (Å²) in [6.45, 7) is 6.49. The molecule has 0 aliphatic heterocycles. The van der Waals surface area contributed by atoms with Gasteiger partial charge in [0.1, 0.15) is 5.75 Å². The molecule has 0 fully saturated rings. The molecule has 2 rings (SSSR count). The Balaban J connectivity index is 2.26. The summed E-state index contributed by atoms with van der Waals surface area (Å²) in [5.74, 6) is 1.52. The molecule has 2 nitrogen and oxygen atoms in total. The molecule has 0 unspecified atom stereocenters. The monoisotopic (exact) mass is 309 g/mol. The number of aromatic nitrogens is 1. The number of hydrogen-bond acceptors (Lipinski definition) is 2. The van der Waals surface area contributed by atoms with Crippen molar-refractivity contribution in [3.8, 4) is 11.6 Å². The summed E-state index contributed by atoms with van der Waals surface area (Å²) in [5, 5.41) is 0.552. The van der Waals surface area contributed by atoms with Gasteiger partial charge in [-0.05, 0) is 29.2 Å². The van der Waals surface area contributed by atoms with Crippen LogP contribution in [0.1, 0.15) is 32.0 Å². The van der Waals surface area contributed by atoms with Gasteiger partial charge in [0.15, 0.2) is 0 Å². The highest BCUT2D eigenvalue weighted by molar-refractivity contribution is 6.32. The molecular formula is C16H17Cl2NO. The van der Waals surface area contributed by atoms with E-state index in [1.807, 2.05) is 18.2 Å². The topological polar surface area (TPSA) is 22.1 Å². The van der Waals surface area contributed by atoms with Gasteiger partial charge in [-0.25, -0.2) is 4.98 Å². The summed E-state index contributed by atoms with van der Waals surface area (Å²) in [6.07, 6.45) is 0. The van der Waals surface area contributed by atoms with Gasteiger partial charge in [0.2, 0.25) is 5.88 Å². The first kappa shape index (κ1) is 15.1. The molecule has 0 N–H and O–H groups in total. The highest BCUT2D eigenvalue weighted by Crippen LogP contribution is 2.28. The first-order valence-electron chi connectivity index (χ1n) is 6.40. The molecule has 0 saturated heterocycles. The van der Waals surface area contributed by atoms with Crippen LogP contribution in [0.3, 0.4) is 0 Å². The SMILES string of the molecule is CC(C)(C)c1cccc(Oc2ccc(Cl)c(CCl)n2)c1. The maximum Gasteiger partial charge on any atom is 0.219 e. The third-order valence-electron chi connectivity index (χ3n) is 2.94. The second-order valence-electron chi connectivity index (χ2n) is 5.59. The number of ether oxygens (including phenoxy) is 1. The Morgan fingerprint density at radius 1 is 1.15 bits per heavy atom. The van der Waals surface area contributed by atoms with Crippen molar-refractivity contribution < 1.29 is 4.74 Å².